The number of carbonyl (C=O) groups excluding carboxylic acids is 3. The van der Waals surface area contributed by atoms with E-state index < -0.39 is 17.6 Å². The fourth-order valence-corrected chi connectivity index (χ4v) is 4.90. The van der Waals surface area contributed by atoms with E-state index in [4.69, 9.17) is 16.3 Å². The summed E-state index contributed by atoms with van der Waals surface area (Å²) in [5, 5.41) is 2.81. The number of esters is 1. The van der Waals surface area contributed by atoms with E-state index in [1.807, 2.05) is 6.07 Å². The van der Waals surface area contributed by atoms with Crippen LogP contribution in [0.15, 0.2) is 30.3 Å². The Balaban J connectivity index is 1.71. The Hall–Kier alpha value is -2.22. The average Bonchev–Trinajstić information content (AvgIpc) is 3.10. The fourth-order valence-electron chi connectivity index (χ4n) is 3.96. The number of amides is 1. The van der Waals surface area contributed by atoms with Crippen LogP contribution in [0.4, 0.5) is 0 Å². The van der Waals surface area contributed by atoms with E-state index in [-0.39, 0.29) is 31.0 Å². The zero-order chi connectivity index (χ0) is 24.9. The summed E-state index contributed by atoms with van der Waals surface area (Å²) in [6.45, 7) is 7.41. The first kappa shape index (κ1) is 26.4. The van der Waals surface area contributed by atoms with Gasteiger partial charge in [0.15, 0.2) is 5.78 Å². The Bertz CT molecular complexity index is 1040. The van der Waals surface area contributed by atoms with E-state index in [0.717, 1.165) is 42.8 Å². The van der Waals surface area contributed by atoms with Crippen molar-refractivity contribution in [2.45, 2.75) is 64.5 Å². The molecule has 2 aromatic rings. The molecule has 0 aliphatic carbocycles. The maximum atomic E-state index is 13.3. The van der Waals surface area contributed by atoms with E-state index >= 15 is 0 Å². The SMILES string of the molecule is CN1CCc2ccc(CC(=O)[C@@H](CCC(=O)OC(C)(C)C)NC(=O)c3ccc(Cl)s3)cc2CC1. The summed E-state index contributed by atoms with van der Waals surface area (Å²) in [6.07, 6.45) is 2.35. The molecule has 1 amide bonds. The summed E-state index contributed by atoms with van der Waals surface area (Å²) < 4.78 is 5.88. The summed E-state index contributed by atoms with van der Waals surface area (Å²) in [6, 6.07) is 8.68. The molecule has 1 N–H and O–H groups in total. The van der Waals surface area contributed by atoms with E-state index in [9.17, 15) is 14.4 Å². The van der Waals surface area contributed by atoms with Crippen molar-refractivity contribution < 1.29 is 19.1 Å². The smallest absolute Gasteiger partial charge is 0.306 e. The number of carbonyl (C=O) groups is 3. The van der Waals surface area contributed by atoms with Gasteiger partial charge in [-0.1, -0.05) is 29.8 Å². The van der Waals surface area contributed by atoms with Crippen molar-refractivity contribution in [3.8, 4) is 0 Å². The topological polar surface area (TPSA) is 75.7 Å². The maximum absolute atomic E-state index is 13.3. The molecule has 3 rings (SSSR count). The second-order valence-corrected chi connectivity index (χ2v) is 11.5. The summed E-state index contributed by atoms with van der Waals surface area (Å²) in [4.78, 5) is 41.0. The number of ketones is 1. The molecule has 0 saturated heterocycles. The normalized spacial score (nSPS) is 15.2. The quantitative estimate of drug-likeness (QED) is 0.537. The molecule has 184 valence electrons. The first-order valence-electron chi connectivity index (χ1n) is 11.6. The molecule has 1 aliphatic heterocycles. The molecule has 0 saturated carbocycles. The summed E-state index contributed by atoms with van der Waals surface area (Å²) >= 11 is 7.11. The molecule has 1 aromatic heterocycles. The van der Waals surface area contributed by atoms with Crippen LogP contribution in [-0.4, -0.2) is 54.3 Å². The number of hydrogen-bond acceptors (Lipinski definition) is 6. The Kier molecular flexibility index (Phi) is 8.90. The number of hydrogen-bond donors (Lipinski definition) is 1. The third kappa shape index (κ3) is 7.93. The molecule has 8 heteroatoms. The number of halogens is 1. The van der Waals surface area contributed by atoms with Crippen LogP contribution in [0.25, 0.3) is 0 Å². The lowest BCUT2D eigenvalue weighted by molar-refractivity contribution is -0.155. The molecular weight excluding hydrogens is 472 g/mol. The summed E-state index contributed by atoms with van der Waals surface area (Å²) in [5.74, 6) is -0.900. The molecule has 6 nitrogen and oxygen atoms in total. The minimum Gasteiger partial charge on any atom is -0.460 e. The monoisotopic (exact) mass is 504 g/mol. The van der Waals surface area contributed by atoms with E-state index in [0.29, 0.717) is 9.21 Å². The number of ether oxygens (including phenoxy) is 1. The van der Waals surface area contributed by atoms with Gasteiger partial charge in [-0.25, -0.2) is 0 Å². The molecule has 0 bridgehead atoms. The Morgan fingerprint density at radius 2 is 1.82 bits per heavy atom. The number of nitrogens with zero attached hydrogens (tertiary/aromatic N) is 1. The molecule has 0 radical (unpaired) electrons. The lowest BCUT2D eigenvalue weighted by atomic mass is 9.95. The third-order valence-corrected chi connectivity index (χ3v) is 6.95. The van der Waals surface area contributed by atoms with Gasteiger partial charge < -0.3 is 15.0 Å². The second kappa shape index (κ2) is 11.5. The van der Waals surface area contributed by atoms with Crippen LogP contribution >= 0.6 is 22.9 Å². The van der Waals surface area contributed by atoms with Crippen molar-refractivity contribution in [3.05, 3.63) is 56.2 Å². The van der Waals surface area contributed by atoms with Crippen molar-refractivity contribution in [1.29, 1.82) is 0 Å². The van der Waals surface area contributed by atoms with E-state index in [1.165, 1.54) is 11.1 Å². The van der Waals surface area contributed by atoms with Crippen LogP contribution in [0.3, 0.4) is 0 Å². The van der Waals surface area contributed by atoms with E-state index in [2.05, 4.69) is 29.4 Å². The molecule has 2 heterocycles. The standard InChI is InChI=1S/C26H33ClN2O4S/c1-26(2,3)33-24(31)10-7-20(28-25(32)22-8-9-23(27)34-22)21(30)16-17-5-6-18-11-13-29(4)14-12-19(18)15-17/h5-6,8-9,15,20H,7,10-14,16H2,1-4H3,(H,28,32)/t20-/m1/s1. The predicted molar refractivity (Wildman–Crippen MR) is 136 cm³/mol. The third-order valence-electron chi connectivity index (χ3n) is 5.72. The van der Waals surface area contributed by atoms with Crippen LogP contribution in [-0.2, 0) is 33.6 Å². The highest BCUT2D eigenvalue weighted by Gasteiger charge is 2.25. The van der Waals surface area contributed by atoms with Gasteiger partial charge in [-0.2, -0.15) is 0 Å². The summed E-state index contributed by atoms with van der Waals surface area (Å²) in [5.41, 5.74) is 2.91. The van der Waals surface area contributed by atoms with Crippen LogP contribution in [0.1, 0.15) is 60.0 Å². The van der Waals surface area contributed by atoms with Crippen LogP contribution in [0, 0.1) is 0 Å². The van der Waals surface area contributed by atoms with Crippen LogP contribution in [0.5, 0.6) is 0 Å². The van der Waals surface area contributed by atoms with Crippen molar-refractivity contribution in [2.75, 3.05) is 20.1 Å². The maximum Gasteiger partial charge on any atom is 0.306 e. The number of fused-ring (bicyclic) bond motifs is 1. The zero-order valence-corrected chi connectivity index (χ0v) is 21.9. The first-order valence-corrected chi connectivity index (χ1v) is 12.8. The molecule has 1 atom stereocenters. The average molecular weight is 505 g/mol. The van der Waals surface area contributed by atoms with Gasteiger partial charge in [-0.05, 0) is 75.9 Å². The number of Topliss-reactive ketones (excluding diaryl/α,β-unsaturated/α-hetero) is 1. The zero-order valence-electron chi connectivity index (χ0n) is 20.3. The Morgan fingerprint density at radius 1 is 1.12 bits per heavy atom. The predicted octanol–water partition coefficient (Wildman–Crippen LogP) is 4.46. The number of likely N-dealkylation sites (N-methyl/N-ethyl adjacent to an activating group) is 1. The van der Waals surface area contributed by atoms with Gasteiger partial charge in [0, 0.05) is 25.9 Å². The molecule has 0 fully saturated rings. The highest BCUT2D eigenvalue weighted by atomic mass is 35.5. The molecule has 34 heavy (non-hydrogen) atoms. The molecule has 0 spiro atoms. The van der Waals surface area contributed by atoms with Crippen molar-refractivity contribution in [2.24, 2.45) is 0 Å². The van der Waals surface area contributed by atoms with Gasteiger partial charge in [0.1, 0.15) is 5.60 Å². The molecule has 1 aliphatic rings. The van der Waals surface area contributed by atoms with Gasteiger partial charge in [0.2, 0.25) is 0 Å². The number of rotatable bonds is 8. The number of thiophene rings is 1. The first-order chi connectivity index (χ1) is 16.0. The number of benzene rings is 1. The van der Waals surface area contributed by atoms with Crippen molar-refractivity contribution >= 4 is 40.6 Å². The highest BCUT2D eigenvalue weighted by molar-refractivity contribution is 7.18. The molecular formula is C26H33ClN2O4S. The van der Waals surface area contributed by atoms with Gasteiger partial charge in [0.25, 0.3) is 5.91 Å². The summed E-state index contributed by atoms with van der Waals surface area (Å²) in [7, 11) is 2.12. The van der Waals surface area contributed by atoms with Gasteiger partial charge >= 0.3 is 5.97 Å². The van der Waals surface area contributed by atoms with Gasteiger partial charge in [-0.3, -0.25) is 14.4 Å². The Morgan fingerprint density at radius 3 is 2.47 bits per heavy atom. The van der Waals surface area contributed by atoms with Gasteiger partial charge in [0.05, 0.1) is 15.3 Å². The lowest BCUT2D eigenvalue weighted by Crippen LogP contribution is -2.42. The second-order valence-electron chi connectivity index (χ2n) is 9.80. The lowest BCUT2D eigenvalue weighted by Gasteiger charge is -2.21. The number of nitrogens with one attached hydrogen (secondary N) is 1. The van der Waals surface area contributed by atoms with E-state index in [1.54, 1.807) is 32.9 Å². The molecule has 0 unspecified atom stereocenters. The highest BCUT2D eigenvalue weighted by Crippen LogP contribution is 2.22. The van der Waals surface area contributed by atoms with Crippen LogP contribution < -0.4 is 5.32 Å². The van der Waals surface area contributed by atoms with Gasteiger partial charge in [-0.15, -0.1) is 11.3 Å². The fraction of sp³-hybridized carbons (Fsp3) is 0.500. The minimum absolute atomic E-state index is 0.0374. The molecule has 1 aromatic carbocycles. The van der Waals surface area contributed by atoms with Crippen molar-refractivity contribution in [1.82, 2.24) is 10.2 Å². The van der Waals surface area contributed by atoms with Crippen molar-refractivity contribution in [3.63, 3.8) is 0 Å². The largest absolute Gasteiger partial charge is 0.460 e. The minimum atomic E-state index is -0.800. The van der Waals surface area contributed by atoms with Crippen LogP contribution in [0.2, 0.25) is 4.34 Å². The Labute approximate surface area is 210 Å².